The maximum Gasteiger partial charge on any atom is 0.1000 e. The Morgan fingerprint density at radius 1 is 1.05 bits per heavy atom. The van der Waals surface area contributed by atoms with Crippen LogP contribution in [0, 0.1) is 5.92 Å². The van der Waals surface area contributed by atoms with Crippen molar-refractivity contribution < 1.29 is 0 Å². The minimum Gasteiger partial charge on any atom is -0.402 e. The molecule has 122 valence electrons. The molecule has 0 aliphatic heterocycles. The molecule has 22 heavy (non-hydrogen) atoms. The number of hydrogen-bond acceptors (Lipinski definition) is 3. The van der Waals surface area contributed by atoms with Crippen LogP contribution in [0.5, 0.6) is 0 Å². The Bertz CT molecular complexity index is 581. The zero-order valence-corrected chi connectivity index (χ0v) is 15.2. The molecule has 3 nitrogen and oxygen atoms in total. The molecule has 0 saturated heterocycles. The van der Waals surface area contributed by atoms with Crippen LogP contribution in [0.25, 0.3) is 0 Å². The quantitative estimate of drug-likeness (QED) is 0.711. The van der Waals surface area contributed by atoms with Crippen LogP contribution in [-0.4, -0.2) is 0 Å². The van der Waals surface area contributed by atoms with Crippen molar-refractivity contribution in [2.24, 2.45) is 17.4 Å². The molecular formula is C18H28ClN3. The van der Waals surface area contributed by atoms with E-state index in [0.717, 1.165) is 27.4 Å². The van der Waals surface area contributed by atoms with Gasteiger partial charge in [-0.2, -0.15) is 0 Å². The number of halogens is 1. The van der Waals surface area contributed by atoms with E-state index in [1.165, 1.54) is 0 Å². The van der Waals surface area contributed by atoms with Crippen molar-refractivity contribution in [3.63, 3.8) is 0 Å². The molecule has 5 N–H and O–H groups in total. The van der Waals surface area contributed by atoms with Crippen LogP contribution in [0.1, 0.15) is 47.1 Å². The lowest BCUT2D eigenvalue weighted by atomic mass is 9.93. The van der Waals surface area contributed by atoms with Crippen molar-refractivity contribution in [1.82, 2.24) is 5.32 Å². The van der Waals surface area contributed by atoms with Crippen molar-refractivity contribution >= 4 is 11.6 Å². The first-order valence-corrected chi connectivity index (χ1v) is 7.91. The largest absolute Gasteiger partial charge is 0.402 e. The van der Waals surface area contributed by atoms with Crippen molar-refractivity contribution in [2.75, 3.05) is 0 Å². The van der Waals surface area contributed by atoms with E-state index < -0.39 is 0 Å². The molecule has 0 aromatic heterocycles. The third-order valence-corrected chi connectivity index (χ3v) is 4.29. The van der Waals surface area contributed by atoms with Crippen molar-refractivity contribution in [2.45, 2.75) is 47.1 Å². The Kier molecular flexibility index (Phi) is 5.95. The van der Waals surface area contributed by atoms with E-state index >= 15 is 0 Å². The van der Waals surface area contributed by atoms with Crippen LogP contribution in [0.15, 0.2) is 46.9 Å². The van der Waals surface area contributed by atoms with E-state index in [2.05, 4.69) is 33.0 Å². The summed E-state index contributed by atoms with van der Waals surface area (Å²) in [6.07, 6.45) is 0. The molecule has 1 aromatic carbocycles. The summed E-state index contributed by atoms with van der Waals surface area (Å²) < 4.78 is 0. The Morgan fingerprint density at radius 2 is 1.55 bits per heavy atom. The number of rotatable bonds is 5. The topological polar surface area (TPSA) is 64.1 Å². The van der Waals surface area contributed by atoms with Gasteiger partial charge in [0, 0.05) is 10.7 Å². The maximum atomic E-state index is 6.26. The van der Waals surface area contributed by atoms with Crippen LogP contribution >= 0.6 is 11.6 Å². The minimum absolute atomic E-state index is 0.298. The highest BCUT2D eigenvalue weighted by Crippen LogP contribution is 2.24. The summed E-state index contributed by atoms with van der Waals surface area (Å²) in [6, 6.07) is 7.77. The van der Waals surface area contributed by atoms with Crippen LogP contribution in [0.4, 0.5) is 0 Å². The van der Waals surface area contributed by atoms with E-state index in [9.17, 15) is 0 Å². The molecule has 0 saturated carbocycles. The van der Waals surface area contributed by atoms with Gasteiger partial charge >= 0.3 is 0 Å². The van der Waals surface area contributed by atoms with Gasteiger partial charge in [-0.25, -0.2) is 0 Å². The highest BCUT2D eigenvalue weighted by Gasteiger charge is 2.21. The zero-order valence-electron chi connectivity index (χ0n) is 14.4. The fourth-order valence-corrected chi connectivity index (χ4v) is 2.35. The fourth-order valence-electron chi connectivity index (χ4n) is 2.22. The van der Waals surface area contributed by atoms with Gasteiger partial charge in [0.2, 0.25) is 0 Å². The standard InChI is InChI=1S/C18H28ClN3/c1-11(2)16(20)12(3)13(4)17(21)22-18(5,6)14-7-9-15(19)10-8-14/h7-11,22H,20-21H2,1-6H3/b16-12-,17-13+. The summed E-state index contributed by atoms with van der Waals surface area (Å²) in [7, 11) is 0. The number of nitrogens with two attached hydrogens (primary N) is 2. The lowest BCUT2D eigenvalue weighted by molar-refractivity contribution is 0.444. The van der Waals surface area contributed by atoms with Gasteiger partial charge in [0.15, 0.2) is 0 Å². The Morgan fingerprint density at radius 3 is 2.00 bits per heavy atom. The molecule has 0 unspecified atom stereocenters. The second-order valence-corrected chi connectivity index (χ2v) is 6.97. The first-order valence-electron chi connectivity index (χ1n) is 7.53. The Balaban J connectivity index is 3.08. The van der Waals surface area contributed by atoms with E-state index in [0.29, 0.717) is 11.7 Å². The molecule has 0 heterocycles. The SMILES string of the molecule is CC(=C(/N)C(C)C)/C(C)=C(\N)NC(C)(C)c1ccc(Cl)cc1. The molecule has 4 heteroatoms. The Labute approximate surface area is 139 Å². The monoisotopic (exact) mass is 321 g/mol. The van der Waals surface area contributed by atoms with Crippen molar-refractivity contribution in [3.8, 4) is 0 Å². The zero-order chi connectivity index (χ0) is 17.1. The van der Waals surface area contributed by atoms with E-state index in [-0.39, 0.29) is 5.54 Å². The number of hydrogen-bond donors (Lipinski definition) is 3. The van der Waals surface area contributed by atoms with Gasteiger partial charge in [-0.3, -0.25) is 0 Å². The average molecular weight is 322 g/mol. The molecule has 0 radical (unpaired) electrons. The average Bonchev–Trinajstić information content (AvgIpc) is 2.44. The molecular weight excluding hydrogens is 294 g/mol. The predicted octanol–water partition coefficient (Wildman–Crippen LogP) is 4.24. The molecule has 1 aromatic rings. The highest BCUT2D eigenvalue weighted by molar-refractivity contribution is 6.30. The summed E-state index contributed by atoms with van der Waals surface area (Å²) in [4.78, 5) is 0. The molecule has 0 fully saturated rings. The summed E-state index contributed by atoms with van der Waals surface area (Å²) in [5.41, 5.74) is 16.1. The van der Waals surface area contributed by atoms with E-state index in [4.69, 9.17) is 23.1 Å². The third kappa shape index (κ3) is 4.44. The van der Waals surface area contributed by atoms with Crippen LogP contribution in [0.3, 0.4) is 0 Å². The van der Waals surface area contributed by atoms with Crippen LogP contribution in [0.2, 0.25) is 5.02 Å². The summed E-state index contributed by atoms with van der Waals surface area (Å²) >= 11 is 5.95. The fraction of sp³-hybridized carbons (Fsp3) is 0.444. The molecule has 0 aliphatic rings. The first kappa shape index (κ1) is 18.4. The van der Waals surface area contributed by atoms with Gasteiger partial charge in [-0.15, -0.1) is 0 Å². The van der Waals surface area contributed by atoms with Crippen LogP contribution < -0.4 is 16.8 Å². The third-order valence-electron chi connectivity index (χ3n) is 4.03. The second-order valence-electron chi connectivity index (χ2n) is 6.53. The molecule has 0 amide bonds. The summed E-state index contributed by atoms with van der Waals surface area (Å²) in [5.74, 6) is 0.938. The van der Waals surface area contributed by atoms with E-state index in [1.54, 1.807) is 0 Å². The van der Waals surface area contributed by atoms with Crippen LogP contribution in [-0.2, 0) is 5.54 Å². The lowest BCUT2D eigenvalue weighted by Crippen LogP contribution is -2.39. The van der Waals surface area contributed by atoms with E-state index in [1.807, 2.05) is 38.1 Å². The molecule has 0 spiro atoms. The molecule has 1 rings (SSSR count). The minimum atomic E-state index is -0.303. The van der Waals surface area contributed by atoms with Gasteiger partial charge in [0.25, 0.3) is 0 Å². The number of nitrogens with one attached hydrogen (secondary N) is 1. The molecule has 0 aliphatic carbocycles. The molecule has 0 bridgehead atoms. The summed E-state index contributed by atoms with van der Waals surface area (Å²) in [5, 5.41) is 4.12. The smallest absolute Gasteiger partial charge is 0.1000 e. The predicted molar refractivity (Wildman–Crippen MR) is 96.2 cm³/mol. The van der Waals surface area contributed by atoms with Gasteiger partial charge in [0.1, 0.15) is 0 Å². The summed E-state index contributed by atoms with van der Waals surface area (Å²) in [6.45, 7) is 12.3. The van der Waals surface area contributed by atoms with Gasteiger partial charge < -0.3 is 16.8 Å². The highest BCUT2D eigenvalue weighted by atomic mass is 35.5. The van der Waals surface area contributed by atoms with Crippen molar-refractivity contribution in [3.05, 3.63) is 57.5 Å². The Hall–Kier alpha value is -1.61. The number of allylic oxidation sites excluding steroid dienone is 3. The van der Waals surface area contributed by atoms with Gasteiger partial charge in [0.05, 0.1) is 11.4 Å². The second kappa shape index (κ2) is 7.10. The normalized spacial score (nSPS) is 14.5. The van der Waals surface area contributed by atoms with Gasteiger partial charge in [-0.1, -0.05) is 37.6 Å². The first-order chi connectivity index (χ1) is 10.1. The lowest BCUT2D eigenvalue weighted by Gasteiger charge is -2.29. The maximum absolute atomic E-state index is 6.26. The van der Waals surface area contributed by atoms with Gasteiger partial charge in [-0.05, 0) is 62.5 Å². The molecule has 0 atom stereocenters. The number of benzene rings is 1. The van der Waals surface area contributed by atoms with Crippen molar-refractivity contribution in [1.29, 1.82) is 0 Å².